The maximum absolute atomic E-state index is 13.1. The van der Waals surface area contributed by atoms with Crippen molar-refractivity contribution in [2.24, 2.45) is 0 Å². The number of aromatic hydroxyl groups is 1. The minimum Gasteiger partial charge on any atom is -0.508 e. The van der Waals surface area contributed by atoms with E-state index in [1.54, 1.807) is 12.1 Å². The molecule has 0 spiro atoms. The highest BCUT2D eigenvalue weighted by Crippen LogP contribution is 2.23. The summed E-state index contributed by atoms with van der Waals surface area (Å²) >= 11 is 3.23. The van der Waals surface area contributed by atoms with E-state index in [1.807, 2.05) is 0 Å². The first kappa shape index (κ1) is 13.5. The van der Waals surface area contributed by atoms with Gasteiger partial charge in [-0.05, 0) is 51.8 Å². The van der Waals surface area contributed by atoms with Gasteiger partial charge in [-0.2, -0.15) is 0 Å². The number of anilines is 1. The minimum atomic E-state index is -0.421. The van der Waals surface area contributed by atoms with Gasteiger partial charge in [0.2, 0.25) is 5.91 Å². The third kappa shape index (κ3) is 3.79. The summed E-state index contributed by atoms with van der Waals surface area (Å²) in [5.74, 6) is -0.593. The number of phenols is 1. The first-order valence-electron chi connectivity index (χ1n) is 5.57. The lowest BCUT2D eigenvalue weighted by Crippen LogP contribution is -2.14. The van der Waals surface area contributed by atoms with Crippen LogP contribution in [0.1, 0.15) is 5.56 Å². The van der Waals surface area contributed by atoms with Crippen molar-refractivity contribution in [1.29, 1.82) is 0 Å². The molecule has 19 heavy (non-hydrogen) atoms. The lowest BCUT2D eigenvalue weighted by molar-refractivity contribution is -0.115. The monoisotopic (exact) mass is 323 g/mol. The van der Waals surface area contributed by atoms with Gasteiger partial charge < -0.3 is 10.4 Å². The predicted octanol–water partition coefficient (Wildman–Crippen LogP) is 3.48. The number of amides is 1. The largest absolute Gasteiger partial charge is 0.508 e. The summed E-state index contributed by atoms with van der Waals surface area (Å²) in [5, 5.41) is 11.9. The average molecular weight is 324 g/mol. The molecule has 0 fully saturated rings. The first-order valence-corrected chi connectivity index (χ1v) is 6.37. The first-order chi connectivity index (χ1) is 9.04. The molecule has 2 aromatic carbocycles. The van der Waals surface area contributed by atoms with Crippen molar-refractivity contribution in [2.45, 2.75) is 6.42 Å². The summed E-state index contributed by atoms with van der Waals surface area (Å²) in [6.07, 6.45) is 0.108. The highest BCUT2D eigenvalue weighted by Gasteiger charge is 2.08. The summed E-state index contributed by atoms with van der Waals surface area (Å²) in [4.78, 5) is 11.8. The van der Waals surface area contributed by atoms with E-state index in [9.17, 15) is 14.3 Å². The van der Waals surface area contributed by atoms with Crippen molar-refractivity contribution >= 4 is 27.5 Å². The molecule has 0 bridgehead atoms. The van der Waals surface area contributed by atoms with E-state index in [2.05, 4.69) is 21.2 Å². The van der Waals surface area contributed by atoms with Gasteiger partial charge in [-0.15, -0.1) is 0 Å². The second kappa shape index (κ2) is 5.84. The van der Waals surface area contributed by atoms with Crippen molar-refractivity contribution in [1.82, 2.24) is 0 Å². The van der Waals surface area contributed by atoms with Crippen molar-refractivity contribution in [2.75, 3.05) is 5.32 Å². The van der Waals surface area contributed by atoms with Crippen LogP contribution in [-0.4, -0.2) is 11.0 Å². The Bertz CT molecular complexity index is 616. The second-order valence-electron chi connectivity index (χ2n) is 4.02. The van der Waals surface area contributed by atoms with Crippen LogP contribution in [0.3, 0.4) is 0 Å². The summed E-state index contributed by atoms with van der Waals surface area (Å²) in [6, 6.07) is 10.5. The van der Waals surface area contributed by atoms with E-state index in [0.29, 0.717) is 15.7 Å². The van der Waals surface area contributed by atoms with Gasteiger partial charge in [0.15, 0.2) is 0 Å². The van der Waals surface area contributed by atoms with Gasteiger partial charge in [0.1, 0.15) is 11.6 Å². The molecule has 5 heteroatoms. The SMILES string of the molecule is O=C(Cc1cccc(O)c1)Nc1cc(F)ccc1Br. The average Bonchev–Trinajstić information content (AvgIpc) is 2.34. The fourth-order valence-electron chi connectivity index (χ4n) is 1.64. The molecule has 0 saturated heterocycles. The number of phenolic OH excluding ortho intramolecular Hbond substituents is 1. The Morgan fingerprint density at radius 3 is 2.79 bits per heavy atom. The molecular formula is C14H11BrFNO2. The molecule has 1 amide bonds. The highest BCUT2D eigenvalue weighted by molar-refractivity contribution is 9.10. The molecule has 0 aliphatic carbocycles. The number of benzene rings is 2. The van der Waals surface area contributed by atoms with E-state index >= 15 is 0 Å². The van der Waals surface area contributed by atoms with Gasteiger partial charge in [-0.25, -0.2) is 4.39 Å². The molecule has 0 aliphatic heterocycles. The van der Waals surface area contributed by atoms with Crippen LogP contribution in [0.15, 0.2) is 46.9 Å². The molecule has 2 rings (SSSR count). The number of rotatable bonds is 3. The van der Waals surface area contributed by atoms with Crippen LogP contribution in [0.2, 0.25) is 0 Å². The summed E-state index contributed by atoms with van der Waals surface area (Å²) < 4.78 is 13.7. The molecule has 2 aromatic rings. The molecule has 3 nitrogen and oxygen atoms in total. The zero-order valence-corrected chi connectivity index (χ0v) is 11.4. The van der Waals surface area contributed by atoms with Crippen LogP contribution in [0.25, 0.3) is 0 Å². The van der Waals surface area contributed by atoms with Gasteiger partial charge in [0, 0.05) is 4.47 Å². The third-order valence-corrected chi connectivity index (χ3v) is 3.17. The summed E-state index contributed by atoms with van der Waals surface area (Å²) in [6.45, 7) is 0. The van der Waals surface area contributed by atoms with Crippen LogP contribution >= 0.6 is 15.9 Å². The number of hydrogen-bond donors (Lipinski definition) is 2. The van der Waals surface area contributed by atoms with Crippen molar-refractivity contribution in [3.8, 4) is 5.75 Å². The molecule has 0 saturated carbocycles. The smallest absolute Gasteiger partial charge is 0.228 e. The Morgan fingerprint density at radius 2 is 2.05 bits per heavy atom. The van der Waals surface area contributed by atoms with Crippen LogP contribution < -0.4 is 5.32 Å². The van der Waals surface area contributed by atoms with Gasteiger partial charge >= 0.3 is 0 Å². The number of hydrogen-bond acceptors (Lipinski definition) is 2. The Morgan fingerprint density at radius 1 is 1.26 bits per heavy atom. The molecule has 0 atom stereocenters. The topological polar surface area (TPSA) is 49.3 Å². The molecule has 0 aromatic heterocycles. The number of nitrogens with one attached hydrogen (secondary N) is 1. The van der Waals surface area contributed by atoms with Crippen LogP contribution in [-0.2, 0) is 11.2 Å². The molecule has 0 unspecified atom stereocenters. The fraction of sp³-hybridized carbons (Fsp3) is 0.0714. The Labute approximate surface area is 118 Å². The Balaban J connectivity index is 2.07. The quantitative estimate of drug-likeness (QED) is 0.908. The summed E-state index contributed by atoms with van der Waals surface area (Å²) in [7, 11) is 0. The third-order valence-electron chi connectivity index (χ3n) is 2.48. The van der Waals surface area contributed by atoms with Gasteiger partial charge in [-0.3, -0.25) is 4.79 Å². The second-order valence-corrected chi connectivity index (χ2v) is 4.87. The lowest BCUT2D eigenvalue weighted by Gasteiger charge is -2.07. The molecule has 2 N–H and O–H groups in total. The number of carbonyl (C=O) groups excluding carboxylic acids is 1. The van der Waals surface area contributed by atoms with Gasteiger partial charge in [0.25, 0.3) is 0 Å². The standard InChI is InChI=1S/C14H11BrFNO2/c15-12-5-4-10(16)8-13(12)17-14(19)7-9-2-1-3-11(18)6-9/h1-6,8,18H,7H2,(H,17,19). The highest BCUT2D eigenvalue weighted by atomic mass is 79.9. The van der Waals surface area contributed by atoms with E-state index in [-0.39, 0.29) is 18.1 Å². The Kier molecular flexibility index (Phi) is 4.16. The van der Waals surface area contributed by atoms with Gasteiger partial charge in [0.05, 0.1) is 12.1 Å². The van der Waals surface area contributed by atoms with E-state index in [4.69, 9.17) is 0 Å². The minimum absolute atomic E-state index is 0.108. The zero-order valence-electron chi connectivity index (χ0n) is 9.86. The molecule has 98 valence electrons. The lowest BCUT2D eigenvalue weighted by atomic mass is 10.1. The molecular weight excluding hydrogens is 313 g/mol. The maximum Gasteiger partial charge on any atom is 0.228 e. The fourth-order valence-corrected chi connectivity index (χ4v) is 1.99. The molecule has 0 heterocycles. The molecule has 0 aliphatic rings. The number of carbonyl (C=O) groups is 1. The predicted molar refractivity (Wildman–Crippen MR) is 74.5 cm³/mol. The van der Waals surface area contributed by atoms with Crippen molar-refractivity contribution in [3.05, 3.63) is 58.3 Å². The van der Waals surface area contributed by atoms with Crippen LogP contribution in [0.5, 0.6) is 5.75 Å². The van der Waals surface area contributed by atoms with Gasteiger partial charge in [-0.1, -0.05) is 12.1 Å². The van der Waals surface area contributed by atoms with Crippen molar-refractivity contribution in [3.63, 3.8) is 0 Å². The zero-order chi connectivity index (χ0) is 13.8. The number of halogens is 2. The normalized spacial score (nSPS) is 10.2. The van der Waals surface area contributed by atoms with E-state index < -0.39 is 5.82 Å². The molecule has 0 radical (unpaired) electrons. The Hall–Kier alpha value is -1.88. The van der Waals surface area contributed by atoms with E-state index in [0.717, 1.165) is 0 Å². The van der Waals surface area contributed by atoms with E-state index in [1.165, 1.54) is 30.3 Å². The maximum atomic E-state index is 13.1. The van der Waals surface area contributed by atoms with Crippen LogP contribution in [0, 0.1) is 5.82 Å². The van der Waals surface area contributed by atoms with Crippen molar-refractivity contribution < 1.29 is 14.3 Å². The summed E-state index contributed by atoms with van der Waals surface area (Å²) in [5.41, 5.74) is 1.06. The van der Waals surface area contributed by atoms with Crippen LogP contribution in [0.4, 0.5) is 10.1 Å².